The average Bonchev–Trinajstić information content (AvgIpc) is 2.03. The molecule has 4 N–H and O–H groups in total. The van der Waals surface area contributed by atoms with E-state index in [0.29, 0.717) is 0 Å². The monoisotopic (exact) mass is 179 g/mol. The number of aromatic nitrogens is 1. The Morgan fingerprint density at radius 2 is 1.92 bits per heavy atom. The van der Waals surface area contributed by atoms with Crippen molar-refractivity contribution in [2.24, 2.45) is 11.5 Å². The Labute approximate surface area is 74.7 Å². The molecule has 0 fully saturated rings. The molecular weight excluding hydrogens is 170 g/mol. The Balaban J connectivity index is 3.35. The van der Waals surface area contributed by atoms with Crippen molar-refractivity contribution in [1.82, 2.24) is 4.98 Å². The molecule has 0 spiro atoms. The van der Waals surface area contributed by atoms with Gasteiger partial charge in [0.2, 0.25) is 0 Å². The van der Waals surface area contributed by atoms with Crippen molar-refractivity contribution in [2.45, 2.75) is 6.92 Å². The van der Waals surface area contributed by atoms with E-state index >= 15 is 0 Å². The smallest absolute Gasteiger partial charge is 0.268 e. The van der Waals surface area contributed by atoms with Crippen molar-refractivity contribution < 1.29 is 9.59 Å². The molecule has 0 aliphatic rings. The van der Waals surface area contributed by atoms with Gasteiger partial charge in [-0.3, -0.25) is 9.59 Å². The number of nitrogens with two attached hydrogens (primary N) is 2. The third-order valence-electron chi connectivity index (χ3n) is 1.52. The van der Waals surface area contributed by atoms with Crippen molar-refractivity contribution in [2.75, 3.05) is 0 Å². The topological polar surface area (TPSA) is 99.1 Å². The summed E-state index contributed by atoms with van der Waals surface area (Å²) in [4.78, 5) is 25.4. The van der Waals surface area contributed by atoms with Gasteiger partial charge in [-0.05, 0) is 18.6 Å². The lowest BCUT2D eigenvalue weighted by Gasteiger charge is -2.02. The number of pyridine rings is 1. The fraction of sp³-hybridized carbons (Fsp3) is 0.125. The highest BCUT2D eigenvalue weighted by Crippen LogP contribution is 2.06. The van der Waals surface area contributed by atoms with Crippen LogP contribution in [0.15, 0.2) is 12.3 Å². The van der Waals surface area contributed by atoms with Crippen LogP contribution in [0.25, 0.3) is 0 Å². The van der Waals surface area contributed by atoms with Gasteiger partial charge in [-0.15, -0.1) is 0 Å². The molecule has 1 aromatic rings. The van der Waals surface area contributed by atoms with Gasteiger partial charge < -0.3 is 11.5 Å². The van der Waals surface area contributed by atoms with Gasteiger partial charge in [0, 0.05) is 6.20 Å². The molecule has 1 heterocycles. The SMILES string of the molecule is Cc1cnc(C(N)=O)c(C(N)=O)c1. The number of carbonyl (C=O) groups is 2. The molecule has 0 aliphatic carbocycles. The summed E-state index contributed by atoms with van der Waals surface area (Å²) in [5.74, 6) is -1.46. The van der Waals surface area contributed by atoms with Crippen LogP contribution in [0.5, 0.6) is 0 Å². The van der Waals surface area contributed by atoms with Crippen LogP contribution in [0.4, 0.5) is 0 Å². The molecule has 5 heteroatoms. The predicted molar refractivity (Wildman–Crippen MR) is 46.0 cm³/mol. The molecular formula is C8H9N3O2. The number of amides is 2. The van der Waals surface area contributed by atoms with Gasteiger partial charge in [-0.2, -0.15) is 0 Å². The molecule has 0 saturated heterocycles. The van der Waals surface area contributed by atoms with E-state index in [9.17, 15) is 9.59 Å². The Bertz CT molecular complexity index is 374. The van der Waals surface area contributed by atoms with Gasteiger partial charge in [-0.25, -0.2) is 4.98 Å². The van der Waals surface area contributed by atoms with Gasteiger partial charge in [0.15, 0.2) is 0 Å². The summed E-state index contributed by atoms with van der Waals surface area (Å²) < 4.78 is 0. The van der Waals surface area contributed by atoms with Crippen LogP contribution >= 0.6 is 0 Å². The summed E-state index contributed by atoms with van der Waals surface area (Å²) >= 11 is 0. The Morgan fingerprint density at radius 3 is 2.38 bits per heavy atom. The highest BCUT2D eigenvalue weighted by Gasteiger charge is 2.13. The molecule has 1 rings (SSSR count). The quantitative estimate of drug-likeness (QED) is 0.645. The number of hydrogen-bond acceptors (Lipinski definition) is 3. The lowest BCUT2D eigenvalue weighted by molar-refractivity contribution is 0.0963. The second kappa shape index (κ2) is 3.22. The van der Waals surface area contributed by atoms with Crippen LogP contribution in [0, 0.1) is 6.92 Å². The minimum absolute atomic E-state index is 0.0625. The summed E-state index contributed by atoms with van der Waals surface area (Å²) in [5, 5.41) is 0. The first-order valence-corrected chi connectivity index (χ1v) is 3.58. The molecule has 0 saturated carbocycles. The lowest BCUT2D eigenvalue weighted by atomic mass is 10.1. The predicted octanol–water partition coefficient (Wildman–Crippen LogP) is -0.412. The minimum atomic E-state index is -0.756. The zero-order chi connectivity index (χ0) is 10.0. The van der Waals surface area contributed by atoms with Crippen molar-refractivity contribution in [1.29, 1.82) is 0 Å². The molecule has 2 amide bonds. The van der Waals surface area contributed by atoms with Gasteiger partial charge in [0.25, 0.3) is 11.8 Å². The number of primary amides is 2. The van der Waals surface area contributed by atoms with Crippen LogP contribution < -0.4 is 11.5 Å². The van der Waals surface area contributed by atoms with Crippen molar-refractivity contribution in [3.05, 3.63) is 29.1 Å². The number of nitrogens with zero attached hydrogens (tertiary/aromatic N) is 1. The summed E-state index contributed by atoms with van der Waals surface area (Å²) in [7, 11) is 0. The molecule has 1 aromatic heterocycles. The number of hydrogen-bond donors (Lipinski definition) is 2. The highest BCUT2D eigenvalue weighted by molar-refractivity contribution is 6.04. The van der Waals surface area contributed by atoms with E-state index in [0.717, 1.165) is 5.56 Å². The summed E-state index contributed by atoms with van der Waals surface area (Å²) in [6.07, 6.45) is 1.45. The lowest BCUT2D eigenvalue weighted by Crippen LogP contribution is -2.22. The van der Waals surface area contributed by atoms with Crippen LogP contribution in [0.2, 0.25) is 0 Å². The zero-order valence-electron chi connectivity index (χ0n) is 7.07. The van der Waals surface area contributed by atoms with Crippen molar-refractivity contribution in [3.8, 4) is 0 Å². The van der Waals surface area contributed by atoms with Gasteiger partial charge >= 0.3 is 0 Å². The van der Waals surface area contributed by atoms with Crippen LogP contribution in [0.1, 0.15) is 26.4 Å². The van der Waals surface area contributed by atoms with E-state index in [2.05, 4.69) is 4.98 Å². The van der Waals surface area contributed by atoms with Crippen molar-refractivity contribution in [3.63, 3.8) is 0 Å². The standard InChI is InChI=1S/C8H9N3O2/c1-4-2-5(7(9)12)6(8(10)13)11-3-4/h2-3H,1H3,(H2,9,12)(H2,10,13). The summed E-state index contributed by atoms with van der Waals surface area (Å²) in [6, 6.07) is 1.48. The number of carbonyl (C=O) groups excluding carboxylic acids is 2. The number of rotatable bonds is 2. The molecule has 0 aliphatic heterocycles. The summed E-state index contributed by atoms with van der Waals surface area (Å²) in [6.45, 7) is 1.74. The minimum Gasteiger partial charge on any atom is -0.366 e. The molecule has 0 atom stereocenters. The molecule has 0 bridgehead atoms. The third-order valence-corrected chi connectivity index (χ3v) is 1.52. The Kier molecular flexibility index (Phi) is 2.27. The van der Waals surface area contributed by atoms with E-state index in [4.69, 9.17) is 11.5 Å². The second-order valence-corrected chi connectivity index (χ2v) is 2.64. The summed E-state index contributed by atoms with van der Waals surface area (Å²) in [5.41, 5.74) is 10.8. The maximum atomic E-state index is 10.9. The average molecular weight is 179 g/mol. The molecule has 5 nitrogen and oxygen atoms in total. The van der Waals surface area contributed by atoms with Gasteiger partial charge in [0.05, 0.1) is 5.56 Å². The van der Waals surface area contributed by atoms with E-state index < -0.39 is 11.8 Å². The first kappa shape index (κ1) is 9.18. The zero-order valence-corrected chi connectivity index (χ0v) is 7.07. The Morgan fingerprint density at radius 1 is 1.31 bits per heavy atom. The number of aryl methyl sites for hydroxylation is 1. The van der Waals surface area contributed by atoms with E-state index in [1.165, 1.54) is 12.3 Å². The van der Waals surface area contributed by atoms with E-state index in [1.807, 2.05) is 0 Å². The van der Waals surface area contributed by atoms with Crippen LogP contribution in [0.3, 0.4) is 0 Å². The molecule has 68 valence electrons. The van der Waals surface area contributed by atoms with E-state index in [1.54, 1.807) is 6.92 Å². The van der Waals surface area contributed by atoms with E-state index in [-0.39, 0.29) is 11.3 Å². The highest BCUT2D eigenvalue weighted by atomic mass is 16.2. The first-order valence-electron chi connectivity index (χ1n) is 3.58. The van der Waals surface area contributed by atoms with Crippen LogP contribution in [-0.2, 0) is 0 Å². The third kappa shape index (κ3) is 1.81. The maximum Gasteiger partial charge on any atom is 0.268 e. The Hall–Kier alpha value is -1.91. The molecule has 0 aromatic carbocycles. The van der Waals surface area contributed by atoms with Gasteiger partial charge in [0.1, 0.15) is 5.69 Å². The van der Waals surface area contributed by atoms with Gasteiger partial charge in [-0.1, -0.05) is 0 Å². The normalized spacial score (nSPS) is 9.62. The maximum absolute atomic E-state index is 10.9. The fourth-order valence-electron chi connectivity index (χ4n) is 0.953. The second-order valence-electron chi connectivity index (χ2n) is 2.64. The first-order chi connectivity index (χ1) is 6.02. The molecule has 0 radical (unpaired) electrons. The van der Waals surface area contributed by atoms with Crippen LogP contribution in [-0.4, -0.2) is 16.8 Å². The fourth-order valence-corrected chi connectivity index (χ4v) is 0.953. The molecule has 13 heavy (non-hydrogen) atoms. The largest absolute Gasteiger partial charge is 0.366 e. The van der Waals surface area contributed by atoms with Crippen molar-refractivity contribution >= 4 is 11.8 Å². The molecule has 0 unspecified atom stereocenters.